The quantitative estimate of drug-likeness (QED) is 0.752. The summed E-state index contributed by atoms with van der Waals surface area (Å²) in [5.41, 5.74) is 2.79. The second kappa shape index (κ2) is 9.79. The molecule has 5 nitrogen and oxygen atoms in total. The van der Waals surface area contributed by atoms with Crippen LogP contribution in [-0.4, -0.2) is 43.5 Å². The maximum atomic E-state index is 13.1. The lowest BCUT2D eigenvalue weighted by Crippen LogP contribution is -2.54. The van der Waals surface area contributed by atoms with Crippen LogP contribution < -0.4 is 10.1 Å². The first-order valence-electron chi connectivity index (χ1n) is 10.8. The van der Waals surface area contributed by atoms with Gasteiger partial charge in [0.2, 0.25) is 11.8 Å². The molecule has 1 fully saturated rings. The molecule has 0 bridgehead atoms. The van der Waals surface area contributed by atoms with E-state index in [9.17, 15) is 9.59 Å². The Morgan fingerprint density at radius 1 is 1.03 bits per heavy atom. The first kappa shape index (κ1) is 21.9. The highest BCUT2D eigenvalue weighted by molar-refractivity contribution is 5.85. The second-order valence-corrected chi connectivity index (χ2v) is 8.01. The van der Waals surface area contributed by atoms with Crippen LogP contribution in [-0.2, 0) is 16.0 Å². The van der Waals surface area contributed by atoms with Crippen LogP contribution in [0.4, 0.5) is 0 Å². The van der Waals surface area contributed by atoms with Crippen LogP contribution in [0.3, 0.4) is 0 Å². The molecule has 1 N–H and O–H groups in total. The highest BCUT2D eigenvalue weighted by Gasteiger charge is 2.43. The van der Waals surface area contributed by atoms with E-state index in [-0.39, 0.29) is 11.8 Å². The van der Waals surface area contributed by atoms with Gasteiger partial charge in [-0.15, -0.1) is 0 Å². The van der Waals surface area contributed by atoms with Crippen molar-refractivity contribution in [1.29, 1.82) is 0 Å². The van der Waals surface area contributed by atoms with Crippen LogP contribution in [0.25, 0.3) is 11.1 Å². The highest BCUT2D eigenvalue weighted by atomic mass is 16.5. The number of rotatable bonds is 7. The van der Waals surface area contributed by atoms with Crippen LogP contribution in [0.2, 0.25) is 0 Å². The second-order valence-electron chi connectivity index (χ2n) is 8.01. The predicted octanol–water partition coefficient (Wildman–Crippen LogP) is 4.06. The number of hydrogen-bond acceptors (Lipinski definition) is 3. The summed E-state index contributed by atoms with van der Waals surface area (Å²) < 4.78 is 5.23. The van der Waals surface area contributed by atoms with Crippen molar-refractivity contribution in [2.24, 2.45) is 5.41 Å². The first-order valence-corrected chi connectivity index (χ1v) is 10.8. The number of piperidine rings is 1. The molecule has 5 heteroatoms. The number of ether oxygens (including phenoxy) is 1. The molecule has 1 heterocycles. The van der Waals surface area contributed by atoms with Gasteiger partial charge in [0.05, 0.1) is 12.5 Å². The van der Waals surface area contributed by atoms with Crippen LogP contribution in [0.5, 0.6) is 5.75 Å². The van der Waals surface area contributed by atoms with Crippen LogP contribution in [0.1, 0.15) is 38.7 Å². The number of hydrogen-bond donors (Lipinski definition) is 1. The van der Waals surface area contributed by atoms with E-state index in [4.69, 9.17) is 4.74 Å². The molecule has 1 aliphatic rings. The molecular formula is C25H32N2O3. The largest absolute Gasteiger partial charge is 0.497 e. The van der Waals surface area contributed by atoms with Gasteiger partial charge in [0.1, 0.15) is 5.75 Å². The van der Waals surface area contributed by atoms with Crippen molar-refractivity contribution in [2.45, 2.75) is 39.5 Å². The molecule has 0 unspecified atom stereocenters. The summed E-state index contributed by atoms with van der Waals surface area (Å²) in [4.78, 5) is 27.3. The van der Waals surface area contributed by atoms with Gasteiger partial charge in [0.25, 0.3) is 0 Å². The van der Waals surface area contributed by atoms with Crippen LogP contribution in [0.15, 0.2) is 48.5 Å². The average molecular weight is 409 g/mol. The molecule has 160 valence electrons. The van der Waals surface area contributed by atoms with E-state index < -0.39 is 5.41 Å². The van der Waals surface area contributed by atoms with Crippen LogP contribution in [0, 0.1) is 5.41 Å². The molecule has 3 rings (SSSR count). The molecule has 1 saturated heterocycles. The van der Waals surface area contributed by atoms with Crippen molar-refractivity contribution >= 4 is 11.8 Å². The standard InChI is InChI=1S/C25H32N2O3/c1-4-23(28)27-16-6-15-25(18-27,24(29)26-5-2)17-19-7-9-20(10-8-19)21-11-13-22(30-3)14-12-21/h7-14H,4-6,15-18H2,1-3H3,(H,26,29)/t25-/m1/s1. The number of methoxy groups -OCH3 is 1. The smallest absolute Gasteiger partial charge is 0.228 e. The van der Waals surface area contributed by atoms with Crippen molar-refractivity contribution in [3.63, 3.8) is 0 Å². The summed E-state index contributed by atoms with van der Waals surface area (Å²) in [6.07, 6.45) is 2.76. The van der Waals surface area contributed by atoms with Gasteiger partial charge in [-0.25, -0.2) is 0 Å². The molecule has 30 heavy (non-hydrogen) atoms. The third-order valence-corrected chi connectivity index (χ3v) is 5.97. The summed E-state index contributed by atoms with van der Waals surface area (Å²) in [5, 5.41) is 3.01. The molecule has 2 aromatic carbocycles. The molecule has 0 spiro atoms. The summed E-state index contributed by atoms with van der Waals surface area (Å²) >= 11 is 0. The number of nitrogens with zero attached hydrogens (tertiary/aromatic N) is 1. The van der Waals surface area contributed by atoms with E-state index >= 15 is 0 Å². The normalized spacial score (nSPS) is 18.7. The van der Waals surface area contributed by atoms with Gasteiger partial charge in [-0.05, 0) is 55.0 Å². The zero-order valence-electron chi connectivity index (χ0n) is 18.2. The molecule has 0 radical (unpaired) electrons. The van der Waals surface area contributed by atoms with Crippen molar-refractivity contribution in [3.05, 3.63) is 54.1 Å². The lowest BCUT2D eigenvalue weighted by atomic mass is 9.74. The number of likely N-dealkylation sites (tertiary alicyclic amines) is 1. The van der Waals surface area contributed by atoms with Gasteiger partial charge in [-0.3, -0.25) is 9.59 Å². The van der Waals surface area contributed by atoms with Gasteiger partial charge in [-0.1, -0.05) is 43.3 Å². The summed E-state index contributed by atoms with van der Waals surface area (Å²) in [7, 11) is 1.66. The number of amides is 2. The first-order chi connectivity index (χ1) is 14.5. The number of nitrogens with one attached hydrogen (secondary N) is 1. The van der Waals surface area contributed by atoms with Gasteiger partial charge in [0.15, 0.2) is 0 Å². The van der Waals surface area contributed by atoms with Crippen molar-refractivity contribution < 1.29 is 14.3 Å². The fourth-order valence-corrected chi connectivity index (χ4v) is 4.32. The summed E-state index contributed by atoms with van der Waals surface area (Å²) in [6, 6.07) is 16.4. The van der Waals surface area contributed by atoms with Crippen LogP contribution >= 0.6 is 0 Å². The Kier molecular flexibility index (Phi) is 7.14. The van der Waals surface area contributed by atoms with Gasteiger partial charge in [0, 0.05) is 26.1 Å². The fourth-order valence-electron chi connectivity index (χ4n) is 4.32. The fraction of sp³-hybridized carbons (Fsp3) is 0.440. The number of benzene rings is 2. The Balaban J connectivity index is 1.81. The van der Waals surface area contributed by atoms with Crippen molar-refractivity contribution in [2.75, 3.05) is 26.7 Å². The van der Waals surface area contributed by atoms with E-state index in [1.165, 1.54) is 0 Å². The molecule has 0 saturated carbocycles. The van der Waals surface area contributed by atoms with E-state index in [1.807, 2.05) is 43.0 Å². The monoisotopic (exact) mass is 408 g/mol. The third-order valence-electron chi connectivity index (χ3n) is 5.97. The van der Waals surface area contributed by atoms with E-state index in [0.717, 1.165) is 41.8 Å². The molecule has 2 aromatic rings. The van der Waals surface area contributed by atoms with Crippen molar-refractivity contribution in [3.8, 4) is 16.9 Å². The van der Waals surface area contributed by atoms with Crippen molar-refractivity contribution in [1.82, 2.24) is 10.2 Å². The Labute approximate surface area is 179 Å². The minimum absolute atomic E-state index is 0.0535. The van der Waals surface area contributed by atoms with E-state index in [1.54, 1.807) is 7.11 Å². The Hall–Kier alpha value is -2.82. The average Bonchev–Trinajstić information content (AvgIpc) is 2.79. The van der Waals surface area contributed by atoms with Gasteiger partial charge >= 0.3 is 0 Å². The third kappa shape index (κ3) is 4.84. The topological polar surface area (TPSA) is 58.6 Å². The molecule has 1 atom stereocenters. The predicted molar refractivity (Wildman–Crippen MR) is 119 cm³/mol. The van der Waals surface area contributed by atoms with Gasteiger partial charge in [-0.2, -0.15) is 0 Å². The molecule has 1 aliphatic heterocycles. The zero-order valence-corrected chi connectivity index (χ0v) is 18.2. The highest BCUT2D eigenvalue weighted by Crippen LogP contribution is 2.35. The minimum atomic E-state index is -0.569. The summed E-state index contributed by atoms with van der Waals surface area (Å²) in [6.45, 7) is 5.64. The lowest BCUT2D eigenvalue weighted by molar-refractivity contribution is -0.141. The molecule has 2 amide bonds. The van der Waals surface area contributed by atoms with E-state index in [2.05, 4.69) is 29.6 Å². The number of carbonyl (C=O) groups excluding carboxylic acids is 2. The van der Waals surface area contributed by atoms with Gasteiger partial charge < -0.3 is 15.0 Å². The molecule has 0 aliphatic carbocycles. The summed E-state index contributed by atoms with van der Waals surface area (Å²) in [5.74, 6) is 1.01. The lowest BCUT2D eigenvalue weighted by Gasteiger charge is -2.42. The Bertz CT molecular complexity index is 861. The SMILES string of the molecule is CCNC(=O)[C@@]1(Cc2ccc(-c3ccc(OC)cc3)cc2)CCCN(C(=O)CC)C1. The zero-order chi connectivity index (χ0) is 21.6. The Morgan fingerprint density at radius 2 is 1.67 bits per heavy atom. The Morgan fingerprint density at radius 3 is 2.23 bits per heavy atom. The number of carbonyl (C=O) groups is 2. The molecule has 0 aromatic heterocycles. The van der Waals surface area contributed by atoms with E-state index in [0.29, 0.717) is 25.9 Å². The minimum Gasteiger partial charge on any atom is -0.497 e. The maximum absolute atomic E-state index is 13.1. The molecular weight excluding hydrogens is 376 g/mol. The maximum Gasteiger partial charge on any atom is 0.228 e.